The zero-order chi connectivity index (χ0) is 21.5. The second-order valence-corrected chi connectivity index (χ2v) is 12.6. The molecule has 0 heterocycles. The van der Waals surface area contributed by atoms with E-state index in [9.17, 15) is 31.4 Å². The minimum Gasteiger partial charge on any atom is -0.507 e. The molecule has 152 valence electrons. The summed E-state index contributed by atoms with van der Waals surface area (Å²) in [5.41, 5.74) is -2.34. The summed E-state index contributed by atoms with van der Waals surface area (Å²) in [7, 11) is -1.93. The number of benzene rings is 2. The molecular formula is C19H19F6NOSi. The number of aliphatic imine (C=N–C) groups is 1. The quantitative estimate of drug-likeness (QED) is 0.368. The number of aryl methyl sites for hydroxylation is 1. The molecule has 0 amide bonds. The van der Waals surface area contributed by atoms with Gasteiger partial charge in [0.05, 0.1) is 24.9 Å². The summed E-state index contributed by atoms with van der Waals surface area (Å²) in [6, 6.07) is 4.52. The summed E-state index contributed by atoms with van der Waals surface area (Å²) in [4.78, 5) is 3.78. The summed E-state index contributed by atoms with van der Waals surface area (Å²) < 4.78 is 77.7. The maximum Gasteiger partial charge on any atom is 0.416 e. The van der Waals surface area contributed by atoms with Gasteiger partial charge in [0.15, 0.2) is 0 Å². The fraction of sp³-hybridized carbons (Fsp3) is 0.316. The van der Waals surface area contributed by atoms with E-state index in [0.717, 1.165) is 17.0 Å². The largest absolute Gasteiger partial charge is 0.507 e. The molecule has 2 aromatic carbocycles. The smallest absolute Gasteiger partial charge is 0.416 e. The van der Waals surface area contributed by atoms with Gasteiger partial charge in [-0.3, -0.25) is 4.99 Å². The van der Waals surface area contributed by atoms with Crippen molar-refractivity contribution in [1.29, 1.82) is 0 Å². The van der Waals surface area contributed by atoms with Gasteiger partial charge in [-0.1, -0.05) is 31.3 Å². The Morgan fingerprint density at radius 3 is 1.79 bits per heavy atom. The van der Waals surface area contributed by atoms with E-state index in [1.807, 2.05) is 25.7 Å². The Labute approximate surface area is 159 Å². The third-order valence-electron chi connectivity index (χ3n) is 4.02. The zero-order valence-electron chi connectivity index (χ0n) is 15.6. The molecule has 2 nitrogen and oxygen atoms in total. The number of phenols is 1. The Balaban J connectivity index is 2.57. The van der Waals surface area contributed by atoms with Gasteiger partial charge in [-0.15, -0.1) is 0 Å². The maximum absolute atomic E-state index is 12.9. The van der Waals surface area contributed by atoms with Gasteiger partial charge < -0.3 is 5.11 Å². The third kappa shape index (κ3) is 5.15. The summed E-state index contributed by atoms with van der Waals surface area (Å²) in [5, 5.41) is 11.2. The minimum absolute atomic E-state index is 0.0481. The van der Waals surface area contributed by atoms with Crippen molar-refractivity contribution in [2.75, 3.05) is 0 Å². The normalized spacial score (nSPS) is 13.4. The van der Waals surface area contributed by atoms with E-state index in [0.29, 0.717) is 12.1 Å². The summed E-state index contributed by atoms with van der Waals surface area (Å²) in [5.74, 6) is -0.0588. The van der Waals surface area contributed by atoms with E-state index in [4.69, 9.17) is 0 Å². The van der Waals surface area contributed by atoms with E-state index < -0.39 is 37.2 Å². The van der Waals surface area contributed by atoms with Gasteiger partial charge in [-0.05, 0) is 36.4 Å². The van der Waals surface area contributed by atoms with Crippen LogP contribution in [0, 0.1) is 6.92 Å². The van der Waals surface area contributed by atoms with Crippen LogP contribution < -0.4 is 5.19 Å². The van der Waals surface area contributed by atoms with Crippen LogP contribution in [0.25, 0.3) is 0 Å². The molecule has 0 aliphatic rings. The van der Waals surface area contributed by atoms with E-state index in [1.165, 1.54) is 0 Å². The van der Waals surface area contributed by atoms with E-state index >= 15 is 0 Å². The van der Waals surface area contributed by atoms with E-state index in [-0.39, 0.29) is 17.4 Å². The fourth-order valence-corrected chi connectivity index (χ4v) is 4.15. The lowest BCUT2D eigenvalue weighted by atomic mass is 10.1. The van der Waals surface area contributed by atoms with Gasteiger partial charge in [0.1, 0.15) is 5.75 Å². The Kier molecular flexibility index (Phi) is 5.71. The van der Waals surface area contributed by atoms with Crippen LogP contribution in [-0.4, -0.2) is 19.4 Å². The summed E-state index contributed by atoms with van der Waals surface area (Å²) in [6.07, 6.45) is -8.80. The maximum atomic E-state index is 12.9. The Bertz CT molecular complexity index is 878. The summed E-state index contributed by atoms with van der Waals surface area (Å²) in [6.45, 7) is 7.80. The standard InChI is InChI=1S/C19H19F6NOSi/c1-11-5-12(17(27)16(6-11)28(2,3)4)10-26-15-8-13(18(20,21)22)7-14(9-15)19(23,24)25/h5-10,27H,1-4H3. The fourth-order valence-electron chi connectivity index (χ4n) is 2.63. The molecule has 1 N–H and O–H groups in total. The van der Waals surface area contributed by atoms with Crippen molar-refractivity contribution >= 4 is 25.2 Å². The molecule has 0 aliphatic carbocycles. The number of halogens is 6. The predicted octanol–water partition coefficient (Wildman–Crippen LogP) is 6.03. The highest BCUT2D eigenvalue weighted by molar-refractivity contribution is 6.89. The Hall–Kier alpha value is -2.29. The first-order chi connectivity index (χ1) is 12.6. The van der Waals surface area contributed by atoms with Crippen molar-refractivity contribution in [3.05, 3.63) is 52.6 Å². The van der Waals surface area contributed by atoms with Crippen LogP contribution in [-0.2, 0) is 12.4 Å². The van der Waals surface area contributed by atoms with Gasteiger partial charge in [0.2, 0.25) is 0 Å². The highest BCUT2D eigenvalue weighted by Crippen LogP contribution is 2.38. The van der Waals surface area contributed by atoms with Crippen molar-refractivity contribution in [2.45, 2.75) is 38.9 Å². The first kappa shape index (κ1) is 22.0. The van der Waals surface area contributed by atoms with E-state index in [1.54, 1.807) is 13.0 Å². The molecule has 0 saturated heterocycles. The highest BCUT2D eigenvalue weighted by atomic mass is 28.3. The minimum atomic E-state index is -4.94. The number of rotatable bonds is 3. The first-order valence-electron chi connectivity index (χ1n) is 8.26. The second-order valence-electron chi connectivity index (χ2n) is 7.52. The van der Waals surface area contributed by atoms with Gasteiger partial charge in [-0.2, -0.15) is 26.3 Å². The second kappa shape index (κ2) is 7.27. The first-order valence-corrected chi connectivity index (χ1v) is 11.8. The molecule has 28 heavy (non-hydrogen) atoms. The molecule has 9 heteroatoms. The average Bonchev–Trinajstić information content (AvgIpc) is 2.52. The molecule has 0 aliphatic heterocycles. The van der Waals surface area contributed by atoms with Crippen molar-refractivity contribution in [3.8, 4) is 5.75 Å². The average molecular weight is 419 g/mol. The van der Waals surface area contributed by atoms with Gasteiger partial charge in [0.25, 0.3) is 0 Å². The molecule has 0 bridgehead atoms. The van der Waals surface area contributed by atoms with E-state index in [2.05, 4.69) is 4.99 Å². The molecule has 0 fully saturated rings. The van der Waals surface area contributed by atoms with Crippen LogP contribution in [0.4, 0.5) is 32.0 Å². The van der Waals surface area contributed by atoms with Crippen molar-refractivity contribution in [1.82, 2.24) is 0 Å². The number of phenolic OH excluding ortho intramolecular Hbond substituents is 1. The van der Waals surface area contributed by atoms with Crippen molar-refractivity contribution in [2.24, 2.45) is 4.99 Å². The molecule has 0 spiro atoms. The topological polar surface area (TPSA) is 32.6 Å². The number of hydrogen-bond acceptors (Lipinski definition) is 2. The van der Waals surface area contributed by atoms with Crippen LogP contribution in [0.15, 0.2) is 35.3 Å². The SMILES string of the molecule is Cc1cc(C=Nc2cc(C(F)(F)F)cc(C(F)(F)F)c2)c(O)c([Si](C)(C)C)c1. The number of aromatic hydroxyl groups is 1. The predicted molar refractivity (Wildman–Crippen MR) is 99.5 cm³/mol. The number of hydrogen-bond donors (Lipinski definition) is 1. The van der Waals surface area contributed by atoms with Crippen molar-refractivity contribution < 1.29 is 31.4 Å². The number of alkyl halides is 6. The van der Waals surface area contributed by atoms with Crippen LogP contribution >= 0.6 is 0 Å². The highest BCUT2D eigenvalue weighted by Gasteiger charge is 2.36. The molecule has 0 aromatic heterocycles. The molecule has 0 radical (unpaired) electrons. The van der Waals surface area contributed by atoms with Crippen LogP contribution in [0.5, 0.6) is 5.75 Å². The van der Waals surface area contributed by atoms with Crippen LogP contribution in [0.1, 0.15) is 22.3 Å². The monoisotopic (exact) mass is 419 g/mol. The molecule has 2 rings (SSSR count). The van der Waals surface area contributed by atoms with Crippen LogP contribution in [0.2, 0.25) is 19.6 Å². The van der Waals surface area contributed by atoms with Gasteiger partial charge >= 0.3 is 12.4 Å². The van der Waals surface area contributed by atoms with Crippen LogP contribution in [0.3, 0.4) is 0 Å². The molecule has 0 unspecified atom stereocenters. The summed E-state index contributed by atoms with van der Waals surface area (Å²) >= 11 is 0. The Morgan fingerprint density at radius 1 is 0.857 bits per heavy atom. The molecule has 2 aromatic rings. The zero-order valence-corrected chi connectivity index (χ0v) is 16.6. The lowest BCUT2D eigenvalue weighted by Crippen LogP contribution is -2.38. The van der Waals surface area contributed by atoms with Crippen molar-refractivity contribution in [3.63, 3.8) is 0 Å². The molecule has 0 saturated carbocycles. The molecule has 0 atom stereocenters. The van der Waals surface area contributed by atoms with Gasteiger partial charge in [0, 0.05) is 11.8 Å². The number of nitrogens with zero attached hydrogens (tertiary/aromatic N) is 1. The molecular weight excluding hydrogens is 400 g/mol. The van der Waals surface area contributed by atoms with Gasteiger partial charge in [-0.25, -0.2) is 0 Å². The third-order valence-corrected chi connectivity index (χ3v) is 6.01. The lowest BCUT2D eigenvalue weighted by molar-refractivity contribution is -0.143. The lowest BCUT2D eigenvalue weighted by Gasteiger charge is -2.20. The Morgan fingerprint density at radius 2 is 1.36 bits per heavy atom.